The van der Waals surface area contributed by atoms with Crippen LogP contribution in [0.15, 0.2) is 55.0 Å². The van der Waals surface area contributed by atoms with Crippen molar-refractivity contribution in [2.24, 2.45) is 0 Å². The maximum atomic E-state index is 13.0. The standard InChI is InChI=1S/C16H15FN2O/c1-19(2)11-15(12-5-7-14(17)8-6-12)16(20)13-4-3-9-18-10-13/h3-11H,1-2H3/b15-11+. The number of rotatable bonds is 4. The number of halogens is 1. The Bertz CT molecular complexity index is 619. The molecule has 1 aromatic heterocycles. The van der Waals surface area contributed by atoms with Crippen LogP contribution in [0.1, 0.15) is 15.9 Å². The molecule has 0 saturated heterocycles. The first-order chi connectivity index (χ1) is 9.58. The Morgan fingerprint density at radius 1 is 1.15 bits per heavy atom. The number of allylic oxidation sites excluding steroid dienone is 1. The van der Waals surface area contributed by atoms with Crippen molar-refractivity contribution in [1.29, 1.82) is 0 Å². The maximum absolute atomic E-state index is 13.0. The molecule has 20 heavy (non-hydrogen) atoms. The molecule has 0 aliphatic carbocycles. The molecule has 0 spiro atoms. The van der Waals surface area contributed by atoms with E-state index in [-0.39, 0.29) is 11.6 Å². The van der Waals surface area contributed by atoms with Gasteiger partial charge < -0.3 is 4.90 Å². The summed E-state index contributed by atoms with van der Waals surface area (Å²) in [7, 11) is 3.67. The number of pyridine rings is 1. The molecule has 0 radical (unpaired) electrons. The van der Waals surface area contributed by atoms with Crippen LogP contribution in [0.3, 0.4) is 0 Å². The van der Waals surface area contributed by atoms with Crippen LogP contribution in [-0.2, 0) is 0 Å². The van der Waals surface area contributed by atoms with Gasteiger partial charge >= 0.3 is 0 Å². The van der Waals surface area contributed by atoms with Gasteiger partial charge in [0.25, 0.3) is 0 Å². The Morgan fingerprint density at radius 2 is 1.85 bits per heavy atom. The van der Waals surface area contributed by atoms with E-state index in [9.17, 15) is 9.18 Å². The van der Waals surface area contributed by atoms with Crippen molar-refractivity contribution >= 4 is 11.4 Å². The molecular formula is C16H15FN2O. The van der Waals surface area contributed by atoms with Crippen LogP contribution in [-0.4, -0.2) is 29.8 Å². The van der Waals surface area contributed by atoms with Gasteiger partial charge in [-0.3, -0.25) is 9.78 Å². The van der Waals surface area contributed by atoms with Crippen LogP contribution < -0.4 is 0 Å². The summed E-state index contributed by atoms with van der Waals surface area (Å²) in [6, 6.07) is 9.30. The maximum Gasteiger partial charge on any atom is 0.196 e. The molecule has 0 bridgehead atoms. The number of ketones is 1. The van der Waals surface area contributed by atoms with Gasteiger partial charge in [0.1, 0.15) is 5.82 Å². The van der Waals surface area contributed by atoms with E-state index >= 15 is 0 Å². The molecule has 0 fully saturated rings. The summed E-state index contributed by atoms with van der Waals surface area (Å²) >= 11 is 0. The van der Waals surface area contributed by atoms with Crippen LogP contribution in [0, 0.1) is 5.82 Å². The third-order valence-electron chi connectivity index (χ3n) is 2.71. The van der Waals surface area contributed by atoms with Crippen molar-refractivity contribution in [1.82, 2.24) is 9.88 Å². The second kappa shape index (κ2) is 6.10. The minimum absolute atomic E-state index is 0.140. The Balaban J connectivity index is 2.44. The average Bonchev–Trinajstić information content (AvgIpc) is 2.46. The molecule has 0 N–H and O–H groups in total. The summed E-state index contributed by atoms with van der Waals surface area (Å²) in [6.07, 6.45) is 4.86. The molecule has 0 aliphatic heterocycles. The van der Waals surface area contributed by atoms with E-state index in [0.717, 1.165) is 0 Å². The molecular weight excluding hydrogens is 255 g/mol. The second-order valence-electron chi connectivity index (χ2n) is 4.58. The van der Waals surface area contributed by atoms with Gasteiger partial charge in [-0.25, -0.2) is 4.39 Å². The summed E-state index contributed by atoms with van der Waals surface area (Å²) in [5, 5.41) is 0. The number of carbonyl (C=O) groups is 1. The zero-order valence-corrected chi connectivity index (χ0v) is 11.4. The lowest BCUT2D eigenvalue weighted by Gasteiger charge is -2.11. The third kappa shape index (κ3) is 3.29. The predicted octanol–water partition coefficient (Wildman–Crippen LogP) is 3.01. The van der Waals surface area contributed by atoms with Crippen molar-refractivity contribution in [3.05, 3.63) is 71.9 Å². The van der Waals surface area contributed by atoms with E-state index in [1.807, 2.05) is 14.1 Å². The quantitative estimate of drug-likeness (QED) is 0.632. The average molecular weight is 270 g/mol. The minimum Gasteiger partial charge on any atom is -0.383 e. The van der Waals surface area contributed by atoms with Crippen LogP contribution >= 0.6 is 0 Å². The van der Waals surface area contributed by atoms with E-state index in [4.69, 9.17) is 0 Å². The smallest absolute Gasteiger partial charge is 0.196 e. The number of benzene rings is 1. The fraction of sp³-hybridized carbons (Fsp3) is 0.125. The fourth-order valence-electron chi connectivity index (χ4n) is 1.80. The number of nitrogens with zero attached hydrogens (tertiary/aromatic N) is 2. The molecule has 2 aromatic rings. The van der Waals surface area contributed by atoms with Crippen LogP contribution in [0.2, 0.25) is 0 Å². The summed E-state index contributed by atoms with van der Waals surface area (Å²) in [4.78, 5) is 18.3. The summed E-state index contributed by atoms with van der Waals surface area (Å²) in [5.41, 5.74) is 1.68. The zero-order chi connectivity index (χ0) is 14.5. The number of carbonyl (C=O) groups excluding carboxylic acids is 1. The van der Waals surface area contributed by atoms with E-state index in [0.29, 0.717) is 16.7 Å². The van der Waals surface area contributed by atoms with Gasteiger partial charge in [0.05, 0.1) is 0 Å². The van der Waals surface area contributed by atoms with Gasteiger partial charge in [0.2, 0.25) is 0 Å². The molecule has 0 saturated carbocycles. The Kier molecular flexibility index (Phi) is 4.25. The highest BCUT2D eigenvalue weighted by Gasteiger charge is 2.15. The molecule has 0 unspecified atom stereocenters. The molecule has 4 heteroatoms. The first kappa shape index (κ1) is 13.9. The van der Waals surface area contributed by atoms with E-state index in [2.05, 4.69) is 4.98 Å². The number of Topliss-reactive ketones (excluding diaryl/α,β-unsaturated/α-hetero) is 1. The molecule has 0 aliphatic rings. The van der Waals surface area contributed by atoms with E-state index in [1.54, 1.807) is 41.6 Å². The Hall–Kier alpha value is -2.49. The normalized spacial score (nSPS) is 11.2. The van der Waals surface area contributed by atoms with Crippen LogP contribution in [0.4, 0.5) is 4.39 Å². The topological polar surface area (TPSA) is 33.2 Å². The minimum atomic E-state index is -0.327. The zero-order valence-electron chi connectivity index (χ0n) is 11.4. The second-order valence-corrected chi connectivity index (χ2v) is 4.58. The van der Waals surface area contributed by atoms with Gasteiger partial charge in [-0.15, -0.1) is 0 Å². The van der Waals surface area contributed by atoms with Gasteiger partial charge in [0, 0.05) is 43.8 Å². The number of hydrogen-bond donors (Lipinski definition) is 0. The predicted molar refractivity (Wildman–Crippen MR) is 76.6 cm³/mol. The summed E-state index contributed by atoms with van der Waals surface area (Å²) in [5.74, 6) is -0.467. The lowest BCUT2D eigenvalue weighted by Crippen LogP contribution is -2.09. The lowest BCUT2D eigenvalue weighted by molar-refractivity contribution is 0.105. The molecule has 3 nitrogen and oxygen atoms in total. The monoisotopic (exact) mass is 270 g/mol. The van der Waals surface area contributed by atoms with Crippen LogP contribution in [0.25, 0.3) is 5.57 Å². The molecule has 1 aromatic carbocycles. The van der Waals surface area contributed by atoms with Crippen molar-refractivity contribution in [3.8, 4) is 0 Å². The Morgan fingerprint density at radius 3 is 2.40 bits per heavy atom. The van der Waals surface area contributed by atoms with Crippen LogP contribution in [0.5, 0.6) is 0 Å². The Labute approximate surface area is 117 Å². The molecule has 0 amide bonds. The van der Waals surface area contributed by atoms with Crippen molar-refractivity contribution in [3.63, 3.8) is 0 Å². The molecule has 2 rings (SSSR count). The number of hydrogen-bond acceptors (Lipinski definition) is 3. The highest BCUT2D eigenvalue weighted by Crippen LogP contribution is 2.20. The largest absolute Gasteiger partial charge is 0.383 e. The van der Waals surface area contributed by atoms with Crippen molar-refractivity contribution < 1.29 is 9.18 Å². The van der Waals surface area contributed by atoms with Crippen molar-refractivity contribution in [2.75, 3.05) is 14.1 Å². The fourth-order valence-corrected chi connectivity index (χ4v) is 1.80. The lowest BCUT2D eigenvalue weighted by atomic mass is 9.98. The SMILES string of the molecule is CN(C)/C=C(/C(=O)c1cccnc1)c1ccc(F)cc1. The summed E-state index contributed by atoms with van der Waals surface area (Å²) < 4.78 is 13.0. The summed E-state index contributed by atoms with van der Waals surface area (Å²) in [6.45, 7) is 0. The molecule has 102 valence electrons. The van der Waals surface area contributed by atoms with E-state index in [1.165, 1.54) is 18.3 Å². The molecule has 0 atom stereocenters. The van der Waals surface area contributed by atoms with Crippen molar-refractivity contribution in [2.45, 2.75) is 0 Å². The highest BCUT2D eigenvalue weighted by molar-refractivity contribution is 6.28. The molecule has 1 heterocycles. The highest BCUT2D eigenvalue weighted by atomic mass is 19.1. The van der Waals surface area contributed by atoms with Gasteiger partial charge in [-0.1, -0.05) is 12.1 Å². The van der Waals surface area contributed by atoms with Gasteiger partial charge in [0.15, 0.2) is 5.78 Å². The van der Waals surface area contributed by atoms with E-state index < -0.39 is 0 Å². The number of aromatic nitrogens is 1. The van der Waals surface area contributed by atoms with Gasteiger partial charge in [-0.2, -0.15) is 0 Å². The third-order valence-corrected chi connectivity index (χ3v) is 2.71. The van der Waals surface area contributed by atoms with Gasteiger partial charge in [-0.05, 0) is 29.8 Å². The first-order valence-corrected chi connectivity index (χ1v) is 6.17. The first-order valence-electron chi connectivity index (χ1n) is 6.17.